The minimum atomic E-state index is -0.823. The maximum atomic E-state index is 13.8. The molecule has 0 N–H and O–H groups in total. The second-order valence-electron chi connectivity index (χ2n) is 8.96. The summed E-state index contributed by atoms with van der Waals surface area (Å²) in [7, 11) is 2.30. The van der Waals surface area contributed by atoms with Crippen molar-refractivity contribution < 1.29 is 14.0 Å². The number of hydrogen-bond acceptors (Lipinski definition) is 3. The number of benzene rings is 2. The van der Waals surface area contributed by atoms with Gasteiger partial charge in [-0.15, -0.1) is 11.8 Å². The first-order valence-electron chi connectivity index (χ1n) is 11.9. The number of rotatable bonds is 11. The third kappa shape index (κ3) is 6.14. The molecule has 3 nitrogen and oxygen atoms in total. The highest BCUT2D eigenvalue weighted by Gasteiger charge is 2.44. The minimum Gasteiger partial charge on any atom is -0.458 e. The van der Waals surface area contributed by atoms with Gasteiger partial charge in [0.1, 0.15) is 13.2 Å². The fourth-order valence-corrected chi connectivity index (χ4v) is 5.95. The molecular weight excluding hydrogens is 402 g/mol. The number of carbonyl (C=O) groups is 1. The molecule has 0 amide bonds. The Bertz CT molecular complexity index is 748. The van der Waals surface area contributed by atoms with Crippen molar-refractivity contribution in [1.29, 1.82) is 0 Å². The molecule has 0 saturated carbocycles. The molecule has 0 unspecified atom stereocenters. The normalized spacial score (nSPS) is 16.1. The smallest absolute Gasteiger partial charge is 0.331 e. The Hall–Kier alpha value is -1.78. The van der Waals surface area contributed by atoms with E-state index in [0.29, 0.717) is 6.61 Å². The predicted octanol–water partition coefficient (Wildman–Crippen LogP) is 6.03. The molecule has 0 radical (unpaired) electrons. The molecule has 0 aromatic heterocycles. The number of likely N-dealkylation sites (N-methyl/N-ethyl adjacent to an activating group) is 1. The first-order chi connectivity index (χ1) is 15.1. The summed E-state index contributed by atoms with van der Waals surface area (Å²) in [5.41, 5.74) is 2.01. The van der Waals surface area contributed by atoms with E-state index < -0.39 is 4.75 Å². The number of quaternary nitrogens is 1. The van der Waals surface area contributed by atoms with Crippen molar-refractivity contribution in [3.63, 3.8) is 0 Å². The van der Waals surface area contributed by atoms with Gasteiger partial charge in [0.05, 0.1) is 20.1 Å². The molecule has 168 valence electrons. The number of esters is 1. The molecule has 0 aliphatic carbocycles. The van der Waals surface area contributed by atoms with Crippen molar-refractivity contribution in [2.75, 3.05) is 39.0 Å². The summed E-state index contributed by atoms with van der Waals surface area (Å²) in [5, 5.41) is 0. The van der Waals surface area contributed by atoms with Gasteiger partial charge in [0.15, 0.2) is 4.75 Å². The Morgan fingerprint density at radius 3 is 2.06 bits per heavy atom. The van der Waals surface area contributed by atoms with Crippen LogP contribution in [-0.2, 0) is 14.3 Å². The molecule has 1 aliphatic heterocycles. The Morgan fingerprint density at radius 2 is 1.52 bits per heavy atom. The zero-order valence-corrected chi connectivity index (χ0v) is 20.0. The zero-order chi connectivity index (χ0) is 22.0. The number of piperidine rings is 1. The van der Waals surface area contributed by atoms with E-state index in [9.17, 15) is 4.79 Å². The largest absolute Gasteiger partial charge is 0.458 e. The van der Waals surface area contributed by atoms with Crippen LogP contribution in [0.3, 0.4) is 0 Å². The van der Waals surface area contributed by atoms with Gasteiger partial charge in [-0.2, -0.15) is 0 Å². The average Bonchev–Trinajstić information content (AvgIpc) is 2.81. The molecule has 0 spiro atoms. The maximum Gasteiger partial charge on any atom is 0.331 e. The highest BCUT2D eigenvalue weighted by molar-refractivity contribution is 8.01. The number of likely N-dealkylation sites (tertiary alicyclic amines) is 1. The van der Waals surface area contributed by atoms with Crippen LogP contribution < -0.4 is 0 Å². The number of nitrogens with zero attached hydrogens (tertiary/aromatic N) is 1. The minimum absolute atomic E-state index is 0.130. The summed E-state index contributed by atoms with van der Waals surface area (Å²) >= 11 is 1.73. The molecule has 1 fully saturated rings. The first-order valence-corrected chi connectivity index (χ1v) is 12.8. The molecular formula is C27H38NO2S+. The lowest BCUT2D eigenvalue weighted by molar-refractivity contribution is -0.914. The number of ether oxygens (including phenoxy) is 1. The monoisotopic (exact) mass is 440 g/mol. The molecule has 3 rings (SSSR count). The van der Waals surface area contributed by atoms with Crippen LogP contribution in [0.1, 0.15) is 56.6 Å². The van der Waals surface area contributed by atoms with Crippen molar-refractivity contribution in [2.24, 2.45) is 0 Å². The molecule has 0 bridgehead atoms. The standard InChI is InChI=1S/C27H38NO2S/c1-3-4-14-23-31-27(24-15-8-5-9-16-24,25-17-10-6-11-18-25)26(29)30-22-21-28(2)19-12-7-13-20-28/h5-6,8-11,15-18H,3-4,7,12-14,19-23H2,1-2H3/q+1. The second-order valence-corrected chi connectivity index (χ2v) is 10.3. The van der Waals surface area contributed by atoms with E-state index in [0.717, 1.165) is 34.3 Å². The molecule has 0 atom stereocenters. The van der Waals surface area contributed by atoms with Gasteiger partial charge in [-0.05, 0) is 42.6 Å². The van der Waals surface area contributed by atoms with Crippen LogP contribution in [0.4, 0.5) is 0 Å². The van der Waals surface area contributed by atoms with E-state index in [-0.39, 0.29) is 5.97 Å². The third-order valence-corrected chi connectivity index (χ3v) is 8.04. The van der Waals surface area contributed by atoms with Crippen LogP contribution in [0.2, 0.25) is 0 Å². The molecule has 1 heterocycles. The van der Waals surface area contributed by atoms with Crippen LogP contribution in [0.5, 0.6) is 0 Å². The second kappa shape index (κ2) is 11.7. The summed E-state index contributed by atoms with van der Waals surface area (Å²) in [5.74, 6) is 0.801. The first kappa shape index (κ1) is 23.9. The number of unbranched alkanes of at least 4 members (excludes halogenated alkanes) is 2. The topological polar surface area (TPSA) is 26.3 Å². The van der Waals surface area contributed by atoms with Crippen LogP contribution in [0.25, 0.3) is 0 Å². The molecule has 4 heteroatoms. The van der Waals surface area contributed by atoms with Gasteiger partial charge in [-0.1, -0.05) is 80.4 Å². The van der Waals surface area contributed by atoms with Gasteiger partial charge >= 0.3 is 5.97 Å². The lowest BCUT2D eigenvalue weighted by atomic mass is 9.90. The van der Waals surface area contributed by atoms with Crippen LogP contribution in [-0.4, -0.2) is 49.5 Å². The Kier molecular flexibility index (Phi) is 9.03. The lowest BCUT2D eigenvalue weighted by Gasteiger charge is -2.38. The van der Waals surface area contributed by atoms with Crippen LogP contribution in [0.15, 0.2) is 60.7 Å². The zero-order valence-electron chi connectivity index (χ0n) is 19.2. The summed E-state index contributed by atoms with van der Waals surface area (Å²) in [6, 6.07) is 20.4. The van der Waals surface area contributed by atoms with Crippen molar-refractivity contribution in [3.05, 3.63) is 71.8 Å². The predicted molar refractivity (Wildman–Crippen MR) is 131 cm³/mol. The molecule has 31 heavy (non-hydrogen) atoms. The van der Waals surface area contributed by atoms with Gasteiger partial charge in [0.25, 0.3) is 0 Å². The average molecular weight is 441 g/mol. The SMILES string of the molecule is CCCCCSC(C(=O)OCC[N+]1(C)CCCCC1)(c1ccccc1)c1ccccc1. The summed E-state index contributed by atoms with van der Waals surface area (Å²) in [6.07, 6.45) is 7.33. The van der Waals surface area contributed by atoms with E-state index in [1.807, 2.05) is 36.4 Å². The van der Waals surface area contributed by atoms with Gasteiger partial charge in [-0.25, -0.2) is 4.79 Å². The molecule has 1 saturated heterocycles. The summed E-state index contributed by atoms with van der Waals surface area (Å²) < 4.78 is 6.26. The number of carbonyl (C=O) groups excluding carboxylic acids is 1. The Balaban J connectivity index is 1.85. The van der Waals surface area contributed by atoms with Gasteiger partial charge in [0.2, 0.25) is 0 Å². The summed E-state index contributed by atoms with van der Waals surface area (Å²) in [6.45, 7) is 5.96. The quantitative estimate of drug-likeness (QED) is 0.242. The van der Waals surface area contributed by atoms with Gasteiger partial charge in [0, 0.05) is 0 Å². The molecule has 2 aromatic carbocycles. The maximum absolute atomic E-state index is 13.8. The molecule has 2 aromatic rings. The Morgan fingerprint density at radius 1 is 0.935 bits per heavy atom. The van der Waals surface area contributed by atoms with E-state index in [1.165, 1.54) is 45.2 Å². The van der Waals surface area contributed by atoms with Crippen LogP contribution >= 0.6 is 11.8 Å². The molecule has 1 aliphatic rings. The number of thioether (sulfide) groups is 1. The number of hydrogen-bond donors (Lipinski definition) is 0. The van der Waals surface area contributed by atoms with Crippen molar-refractivity contribution in [3.8, 4) is 0 Å². The van der Waals surface area contributed by atoms with E-state index >= 15 is 0 Å². The van der Waals surface area contributed by atoms with Gasteiger partial charge < -0.3 is 9.22 Å². The third-order valence-electron chi connectivity index (χ3n) is 6.47. The van der Waals surface area contributed by atoms with Crippen molar-refractivity contribution in [2.45, 2.75) is 50.2 Å². The highest BCUT2D eigenvalue weighted by atomic mass is 32.2. The Labute approximate surface area is 192 Å². The van der Waals surface area contributed by atoms with E-state index in [4.69, 9.17) is 4.74 Å². The van der Waals surface area contributed by atoms with E-state index in [1.54, 1.807) is 11.8 Å². The van der Waals surface area contributed by atoms with Crippen LogP contribution in [0, 0.1) is 0 Å². The van der Waals surface area contributed by atoms with Crippen molar-refractivity contribution >= 4 is 17.7 Å². The van der Waals surface area contributed by atoms with Gasteiger partial charge in [-0.3, -0.25) is 0 Å². The highest BCUT2D eigenvalue weighted by Crippen LogP contribution is 2.44. The fourth-order valence-electron chi connectivity index (χ4n) is 4.51. The van der Waals surface area contributed by atoms with Crippen molar-refractivity contribution in [1.82, 2.24) is 0 Å². The fraction of sp³-hybridized carbons (Fsp3) is 0.519. The lowest BCUT2D eigenvalue weighted by Crippen LogP contribution is -2.50. The van der Waals surface area contributed by atoms with E-state index in [2.05, 4.69) is 38.2 Å². The summed E-state index contributed by atoms with van der Waals surface area (Å²) in [4.78, 5) is 13.8.